The minimum Gasteiger partial charge on any atom is -0.264 e. The molecule has 0 aromatic carbocycles. The SMILES string of the molecule is C/C=c1/c(C)cnc/c1=C/C.CC. The van der Waals surface area contributed by atoms with Crippen molar-refractivity contribution in [3.63, 3.8) is 0 Å². The first kappa shape index (κ1) is 11.9. The van der Waals surface area contributed by atoms with Gasteiger partial charge in [0.1, 0.15) is 0 Å². The lowest BCUT2D eigenvalue weighted by molar-refractivity contribution is 1.21. The molecule has 0 radical (unpaired) electrons. The van der Waals surface area contributed by atoms with Crippen molar-refractivity contribution in [1.29, 1.82) is 0 Å². The molecule has 0 N–H and O–H groups in total. The Balaban J connectivity index is 0.000000671. The molecule has 0 unspecified atom stereocenters. The van der Waals surface area contributed by atoms with Crippen LogP contribution in [-0.2, 0) is 0 Å². The second kappa shape index (κ2) is 6.41. The Bertz CT molecular complexity index is 350. The van der Waals surface area contributed by atoms with E-state index in [1.54, 1.807) is 0 Å². The van der Waals surface area contributed by atoms with E-state index < -0.39 is 0 Å². The summed E-state index contributed by atoms with van der Waals surface area (Å²) in [5.41, 5.74) is 1.24. The molecule has 0 bridgehead atoms. The van der Waals surface area contributed by atoms with Crippen LogP contribution in [0.3, 0.4) is 0 Å². The molecule has 0 aliphatic rings. The number of hydrogen-bond acceptors (Lipinski definition) is 1. The molecule has 1 heteroatoms. The first-order valence-corrected chi connectivity index (χ1v) is 4.83. The predicted octanol–water partition coefficient (Wildman–Crippen LogP) is 2.02. The molecule has 1 aromatic heterocycles. The van der Waals surface area contributed by atoms with E-state index >= 15 is 0 Å². The smallest absolute Gasteiger partial charge is 0.0343 e. The second-order valence-corrected chi connectivity index (χ2v) is 2.54. The van der Waals surface area contributed by atoms with Gasteiger partial charge in [0.15, 0.2) is 0 Å². The average molecular weight is 177 g/mol. The molecule has 0 amide bonds. The van der Waals surface area contributed by atoms with Crippen LogP contribution < -0.4 is 10.4 Å². The lowest BCUT2D eigenvalue weighted by Crippen LogP contribution is -2.27. The molecule has 0 atom stereocenters. The van der Waals surface area contributed by atoms with Crippen molar-refractivity contribution in [1.82, 2.24) is 4.98 Å². The summed E-state index contributed by atoms with van der Waals surface area (Å²) >= 11 is 0. The van der Waals surface area contributed by atoms with Gasteiger partial charge in [-0.25, -0.2) is 0 Å². The maximum absolute atomic E-state index is 4.11. The normalized spacial score (nSPS) is 12.4. The fraction of sp³-hybridized carbons (Fsp3) is 0.417. The second-order valence-electron chi connectivity index (χ2n) is 2.54. The third-order valence-electron chi connectivity index (χ3n) is 1.82. The highest BCUT2D eigenvalue weighted by atomic mass is 14.6. The van der Waals surface area contributed by atoms with Crippen LogP contribution in [0, 0.1) is 6.92 Å². The zero-order valence-electron chi connectivity index (χ0n) is 9.26. The van der Waals surface area contributed by atoms with Gasteiger partial charge in [-0.15, -0.1) is 0 Å². The van der Waals surface area contributed by atoms with E-state index in [2.05, 4.69) is 31.0 Å². The van der Waals surface area contributed by atoms with Crippen molar-refractivity contribution in [3.8, 4) is 0 Å². The van der Waals surface area contributed by atoms with Gasteiger partial charge in [-0.1, -0.05) is 26.0 Å². The number of rotatable bonds is 0. The highest BCUT2D eigenvalue weighted by molar-refractivity contribution is 5.30. The average Bonchev–Trinajstić information content (AvgIpc) is 2.20. The van der Waals surface area contributed by atoms with Gasteiger partial charge in [-0.05, 0) is 36.8 Å². The third kappa shape index (κ3) is 3.02. The molecule has 0 aliphatic heterocycles. The van der Waals surface area contributed by atoms with E-state index in [0.29, 0.717) is 0 Å². The fourth-order valence-electron chi connectivity index (χ4n) is 1.22. The van der Waals surface area contributed by atoms with Gasteiger partial charge in [0.05, 0.1) is 0 Å². The van der Waals surface area contributed by atoms with Crippen LogP contribution in [0.5, 0.6) is 0 Å². The van der Waals surface area contributed by atoms with Gasteiger partial charge >= 0.3 is 0 Å². The van der Waals surface area contributed by atoms with E-state index in [4.69, 9.17) is 0 Å². The van der Waals surface area contributed by atoms with Crippen molar-refractivity contribution in [2.45, 2.75) is 34.6 Å². The number of pyridine rings is 1. The van der Waals surface area contributed by atoms with Crippen LogP contribution in [0.15, 0.2) is 12.4 Å². The summed E-state index contributed by atoms with van der Waals surface area (Å²) in [5, 5.41) is 2.51. The summed E-state index contributed by atoms with van der Waals surface area (Å²) in [6.07, 6.45) is 7.98. The minimum absolute atomic E-state index is 1.22. The Hall–Kier alpha value is -1.11. The lowest BCUT2D eigenvalue weighted by Gasteiger charge is -1.92. The summed E-state index contributed by atoms with van der Waals surface area (Å²) in [6, 6.07) is 0. The molecular formula is C12H19N. The Morgan fingerprint density at radius 2 is 1.69 bits per heavy atom. The zero-order chi connectivity index (χ0) is 10.3. The van der Waals surface area contributed by atoms with Crippen molar-refractivity contribution in [2.24, 2.45) is 0 Å². The maximum Gasteiger partial charge on any atom is 0.0343 e. The van der Waals surface area contributed by atoms with Crippen molar-refractivity contribution < 1.29 is 0 Å². The standard InChI is InChI=1S/C10H13N.C2H6/c1-4-9-7-11-6-8(3)10(9)5-2;1-2/h4-7H,1-3H3;1-2H3/b9-4-,10-5-;. The van der Waals surface area contributed by atoms with Gasteiger partial charge in [-0.3, -0.25) is 4.98 Å². The maximum atomic E-state index is 4.11. The van der Waals surface area contributed by atoms with Crippen molar-refractivity contribution in [2.75, 3.05) is 0 Å². The van der Waals surface area contributed by atoms with Crippen LogP contribution in [0.4, 0.5) is 0 Å². The van der Waals surface area contributed by atoms with Gasteiger partial charge in [0.25, 0.3) is 0 Å². The van der Waals surface area contributed by atoms with Gasteiger partial charge in [-0.2, -0.15) is 0 Å². The summed E-state index contributed by atoms with van der Waals surface area (Å²) in [6.45, 7) is 10.2. The Labute approximate surface area is 80.8 Å². The molecule has 13 heavy (non-hydrogen) atoms. The summed E-state index contributed by atoms with van der Waals surface area (Å²) < 4.78 is 0. The van der Waals surface area contributed by atoms with Crippen LogP contribution in [0.25, 0.3) is 12.2 Å². The van der Waals surface area contributed by atoms with Gasteiger partial charge in [0.2, 0.25) is 0 Å². The van der Waals surface area contributed by atoms with Crippen molar-refractivity contribution in [3.05, 3.63) is 28.4 Å². The highest BCUT2D eigenvalue weighted by Crippen LogP contribution is 1.78. The van der Waals surface area contributed by atoms with E-state index in [-0.39, 0.29) is 0 Å². The van der Waals surface area contributed by atoms with Crippen LogP contribution in [0.2, 0.25) is 0 Å². The Kier molecular flexibility index (Phi) is 5.86. The molecule has 1 heterocycles. The molecule has 1 aromatic rings. The number of aromatic nitrogens is 1. The summed E-state index contributed by atoms with van der Waals surface area (Å²) in [5.74, 6) is 0. The van der Waals surface area contributed by atoms with Crippen LogP contribution in [0.1, 0.15) is 33.3 Å². The van der Waals surface area contributed by atoms with Crippen molar-refractivity contribution >= 4 is 12.2 Å². The Morgan fingerprint density at radius 1 is 1.08 bits per heavy atom. The predicted molar refractivity (Wildman–Crippen MR) is 59.9 cm³/mol. The first-order chi connectivity index (χ1) is 6.29. The van der Waals surface area contributed by atoms with E-state index in [1.165, 1.54) is 16.0 Å². The molecule has 0 saturated heterocycles. The van der Waals surface area contributed by atoms with Crippen LogP contribution in [-0.4, -0.2) is 4.98 Å². The molecule has 1 rings (SSSR count). The quantitative estimate of drug-likeness (QED) is 0.591. The Morgan fingerprint density at radius 3 is 2.08 bits per heavy atom. The number of aryl methyl sites for hydroxylation is 1. The largest absolute Gasteiger partial charge is 0.264 e. The molecule has 0 aliphatic carbocycles. The van der Waals surface area contributed by atoms with Crippen LogP contribution >= 0.6 is 0 Å². The first-order valence-electron chi connectivity index (χ1n) is 4.83. The molecule has 72 valence electrons. The summed E-state index contributed by atoms with van der Waals surface area (Å²) in [4.78, 5) is 4.11. The molecule has 1 nitrogen and oxygen atoms in total. The topological polar surface area (TPSA) is 12.9 Å². The molecule has 0 spiro atoms. The highest BCUT2D eigenvalue weighted by Gasteiger charge is 1.87. The van der Waals surface area contributed by atoms with E-state index in [1.807, 2.05) is 33.2 Å². The number of hydrogen-bond donors (Lipinski definition) is 0. The molecular weight excluding hydrogens is 158 g/mol. The number of nitrogens with zero attached hydrogens (tertiary/aromatic N) is 1. The van der Waals surface area contributed by atoms with E-state index in [0.717, 1.165) is 0 Å². The van der Waals surface area contributed by atoms with Gasteiger partial charge < -0.3 is 0 Å². The molecule has 0 fully saturated rings. The van der Waals surface area contributed by atoms with Gasteiger partial charge in [0, 0.05) is 12.4 Å². The zero-order valence-corrected chi connectivity index (χ0v) is 9.26. The lowest BCUT2D eigenvalue weighted by atomic mass is 10.2. The van der Waals surface area contributed by atoms with E-state index in [9.17, 15) is 0 Å². The minimum atomic E-state index is 1.22. The third-order valence-corrected chi connectivity index (χ3v) is 1.82. The fourth-order valence-corrected chi connectivity index (χ4v) is 1.22. The molecule has 0 saturated carbocycles. The summed E-state index contributed by atoms with van der Waals surface area (Å²) in [7, 11) is 0. The monoisotopic (exact) mass is 177 g/mol.